The van der Waals surface area contributed by atoms with Gasteiger partial charge in [0.1, 0.15) is 18.4 Å². The fourth-order valence-corrected chi connectivity index (χ4v) is 4.05. The van der Waals surface area contributed by atoms with Gasteiger partial charge >= 0.3 is 13.2 Å². The average molecular weight is 484 g/mol. The Morgan fingerprint density at radius 2 is 1.86 bits per heavy atom. The van der Waals surface area contributed by atoms with Crippen LogP contribution in [-0.2, 0) is 23.7 Å². The van der Waals surface area contributed by atoms with Crippen molar-refractivity contribution in [2.45, 2.75) is 64.2 Å². The summed E-state index contributed by atoms with van der Waals surface area (Å²) in [6.07, 6.45) is 3.49. The summed E-state index contributed by atoms with van der Waals surface area (Å²) in [4.78, 5) is 37.7. The molecule has 11 heteroatoms. The van der Waals surface area contributed by atoms with E-state index in [-0.39, 0.29) is 18.5 Å². The largest absolute Gasteiger partial charge is 0.494 e. The van der Waals surface area contributed by atoms with Crippen molar-refractivity contribution in [2.75, 3.05) is 20.3 Å². The van der Waals surface area contributed by atoms with Crippen LogP contribution in [0.3, 0.4) is 0 Å². The third-order valence-electron chi connectivity index (χ3n) is 6.86. The van der Waals surface area contributed by atoms with Crippen molar-refractivity contribution in [3.63, 3.8) is 0 Å². The minimum absolute atomic E-state index is 0.225. The van der Waals surface area contributed by atoms with Gasteiger partial charge in [-0.3, -0.25) is 9.63 Å². The number of hydrogen-bond donors (Lipinski definition) is 2. The van der Waals surface area contributed by atoms with Crippen LogP contribution >= 0.6 is 0 Å². The Morgan fingerprint density at radius 3 is 2.51 bits per heavy atom. The molecule has 188 valence electrons. The topological polar surface area (TPSA) is 115 Å². The number of aromatic nitrogens is 2. The highest BCUT2D eigenvalue weighted by Crippen LogP contribution is 2.36. The van der Waals surface area contributed by atoms with Crippen LogP contribution < -0.4 is 10.8 Å². The third kappa shape index (κ3) is 5.37. The van der Waals surface area contributed by atoms with Crippen molar-refractivity contribution >= 4 is 24.6 Å². The van der Waals surface area contributed by atoms with Crippen molar-refractivity contribution in [2.24, 2.45) is 0 Å². The molecule has 3 heterocycles. The van der Waals surface area contributed by atoms with Crippen molar-refractivity contribution in [1.29, 1.82) is 0 Å². The van der Waals surface area contributed by atoms with Crippen LogP contribution in [0.1, 0.15) is 58.8 Å². The van der Waals surface area contributed by atoms with Gasteiger partial charge in [0.15, 0.2) is 0 Å². The van der Waals surface area contributed by atoms with E-state index in [1.807, 2.05) is 52.0 Å². The van der Waals surface area contributed by atoms with Gasteiger partial charge < -0.3 is 24.3 Å². The van der Waals surface area contributed by atoms with Crippen LogP contribution in [0, 0.1) is 0 Å². The Kier molecular flexibility index (Phi) is 7.21. The average Bonchev–Trinajstić information content (AvgIpc) is 3.29. The molecule has 2 saturated heterocycles. The quantitative estimate of drug-likeness (QED) is 0.628. The van der Waals surface area contributed by atoms with E-state index >= 15 is 0 Å². The van der Waals surface area contributed by atoms with E-state index in [9.17, 15) is 9.59 Å². The predicted molar refractivity (Wildman–Crippen MR) is 130 cm³/mol. The molecule has 0 bridgehead atoms. The lowest BCUT2D eigenvalue weighted by Crippen LogP contribution is -2.42. The van der Waals surface area contributed by atoms with Gasteiger partial charge in [-0.2, -0.15) is 0 Å². The summed E-state index contributed by atoms with van der Waals surface area (Å²) < 4.78 is 16.8. The highest BCUT2D eigenvalue weighted by Gasteiger charge is 2.51. The Hall–Kier alpha value is -2.89. The molecular weight excluding hydrogens is 451 g/mol. The van der Waals surface area contributed by atoms with Crippen LogP contribution in [0.25, 0.3) is 11.3 Å². The molecule has 0 aliphatic carbocycles. The monoisotopic (exact) mass is 484 g/mol. The first-order chi connectivity index (χ1) is 16.6. The van der Waals surface area contributed by atoms with Gasteiger partial charge in [0.05, 0.1) is 36.8 Å². The Balaban J connectivity index is 1.48. The maximum absolute atomic E-state index is 12.8. The number of ether oxygens (including phenoxy) is 1. The van der Waals surface area contributed by atoms with E-state index in [1.165, 1.54) is 12.2 Å². The number of nitrogens with one attached hydrogen (secondary N) is 2. The summed E-state index contributed by atoms with van der Waals surface area (Å²) in [7, 11) is 0.824. The maximum Gasteiger partial charge on any atom is 0.494 e. The van der Waals surface area contributed by atoms with Gasteiger partial charge in [0.2, 0.25) is 0 Å². The second kappa shape index (κ2) is 10.0. The first-order valence-corrected chi connectivity index (χ1v) is 11.9. The SMILES string of the molecule is COC(=O)NCC(=O)N1OCCCCC1c1ncc(-c2ccc(B3OC(C)(C)C(C)(C)O3)cc2)[nH]1. The number of H-pyrrole nitrogens is 1. The van der Waals surface area contributed by atoms with Gasteiger partial charge in [0, 0.05) is 0 Å². The van der Waals surface area contributed by atoms with E-state index in [0.717, 1.165) is 29.6 Å². The summed E-state index contributed by atoms with van der Waals surface area (Å²) >= 11 is 0. The molecule has 2 aliphatic heterocycles. The molecule has 0 saturated carbocycles. The van der Waals surface area contributed by atoms with E-state index in [0.29, 0.717) is 18.9 Å². The second-order valence-corrected chi connectivity index (χ2v) is 9.80. The Morgan fingerprint density at radius 1 is 1.17 bits per heavy atom. The number of hydrogen-bond acceptors (Lipinski definition) is 7. The van der Waals surface area contributed by atoms with E-state index in [1.54, 1.807) is 6.20 Å². The number of amides is 2. The molecule has 1 unspecified atom stereocenters. The lowest BCUT2D eigenvalue weighted by Gasteiger charge is -2.32. The molecule has 2 aromatic rings. The zero-order valence-corrected chi connectivity index (χ0v) is 20.9. The zero-order chi connectivity index (χ0) is 25.2. The molecule has 2 amide bonds. The summed E-state index contributed by atoms with van der Waals surface area (Å²) in [6.45, 7) is 8.33. The minimum atomic E-state index is -0.672. The van der Waals surface area contributed by atoms with Gasteiger partial charge in [0.25, 0.3) is 5.91 Å². The number of rotatable bonds is 5. The van der Waals surface area contributed by atoms with Crippen LogP contribution in [0.5, 0.6) is 0 Å². The zero-order valence-electron chi connectivity index (χ0n) is 20.9. The van der Waals surface area contributed by atoms with Crippen molar-refractivity contribution in [1.82, 2.24) is 20.3 Å². The highest BCUT2D eigenvalue weighted by molar-refractivity contribution is 6.62. The number of benzene rings is 1. The molecule has 0 radical (unpaired) electrons. The second-order valence-electron chi connectivity index (χ2n) is 9.80. The number of hydroxylamine groups is 2. The Labute approximate surface area is 205 Å². The first-order valence-electron chi connectivity index (χ1n) is 11.9. The fraction of sp³-hybridized carbons (Fsp3) is 0.542. The third-order valence-corrected chi connectivity index (χ3v) is 6.86. The normalized spacial score (nSPS) is 21.5. The van der Waals surface area contributed by atoms with Crippen LogP contribution in [0.4, 0.5) is 4.79 Å². The van der Waals surface area contributed by atoms with Crippen molar-refractivity contribution in [3.8, 4) is 11.3 Å². The van der Waals surface area contributed by atoms with Crippen molar-refractivity contribution in [3.05, 3.63) is 36.3 Å². The number of aromatic amines is 1. The molecule has 10 nitrogen and oxygen atoms in total. The molecule has 2 N–H and O–H groups in total. The highest BCUT2D eigenvalue weighted by atomic mass is 16.7. The van der Waals surface area contributed by atoms with Gasteiger partial charge in [-0.25, -0.2) is 14.8 Å². The number of nitrogens with zero attached hydrogens (tertiary/aromatic N) is 2. The first kappa shape index (κ1) is 25.2. The summed E-state index contributed by atoms with van der Waals surface area (Å²) in [6, 6.07) is 7.57. The fourth-order valence-electron chi connectivity index (χ4n) is 4.05. The lowest BCUT2D eigenvalue weighted by molar-refractivity contribution is -0.197. The number of imidazole rings is 1. The summed E-state index contributed by atoms with van der Waals surface area (Å²) in [5.41, 5.74) is 1.92. The molecule has 1 aromatic heterocycles. The summed E-state index contributed by atoms with van der Waals surface area (Å²) in [5.74, 6) is 0.260. The maximum atomic E-state index is 12.8. The predicted octanol–water partition coefficient (Wildman–Crippen LogP) is 2.72. The molecule has 35 heavy (non-hydrogen) atoms. The number of alkyl carbamates (subject to hydrolysis) is 1. The van der Waals surface area contributed by atoms with E-state index < -0.39 is 24.4 Å². The van der Waals surface area contributed by atoms with Gasteiger partial charge in [-0.05, 0) is 58.0 Å². The van der Waals surface area contributed by atoms with Crippen LogP contribution in [0.15, 0.2) is 30.5 Å². The van der Waals surface area contributed by atoms with E-state index in [2.05, 4.69) is 20.0 Å². The number of carbonyl (C=O) groups is 2. The van der Waals surface area contributed by atoms with Crippen LogP contribution in [0.2, 0.25) is 0 Å². The molecule has 2 aliphatic rings. The lowest BCUT2D eigenvalue weighted by atomic mass is 9.79. The van der Waals surface area contributed by atoms with E-state index in [4.69, 9.17) is 14.1 Å². The van der Waals surface area contributed by atoms with Gasteiger partial charge in [-0.15, -0.1) is 0 Å². The number of carbonyl (C=O) groups excluding carboxylic acids is 2. The standard InChI is InChI=1S/C24H33BN4O6/c1-23(2)24(3,4)35-25(34-23)17-11-9-16(10-12-17)18-14-26-21(28-18)19-8-6-7-13-33-29(19)20(30)15-27-22(31)32-5/h9-12,14,19H,6-8,13,15H2,1-5H3,(H,26,28)(H,27,31). The molecule has 1 atom stereocenters. The molecule has 1 aromatic carbocycles. The molecule has 0 spiro atoms. The minimum Gasteiger partial charge on any atom is -0.453 e. The smallest absolute Gasteiger partial charge is 0.453 e. The Bertz CT molecular complexity index is 1040. The van der Waals surface area contributed by atoms with Crippen LogP contribution in [-0.4, -0.2) is 65.6 Å². The summed E-state index contributed by atoms with van der Waals surface area (Å²) in [5, 5.41) is 3.72. The molecule has 4 rings (SSSR count). The van der Waals surface area contributed by atoms with Gasteiger partial charge in [-0.1, -0.05) is 24.3 Å². The van der Waals surface area contributed by atoms with Crippen molar-refractivity contribution < 1.29 is 28.5 Å². The molecule has 2 fully saturated rings. The molecular formula is C24H33BN4O6. The number of methoxy groups -OCH3 is 1.